The maximum atomic E-state index is 13.0. The van der Waals surface area contributed by atoms with E-state index in [1.807, 2.05) is 0 Å². The summed E-state index contributed by atoms with van der Waals surface area (Å²) in [5.74, 6) is -0.545. The Labute approximate surface area is 176 Å². The highest BCUT2D eigenvalue weighted by Gasteiger charge is 2.31. The molecular weight excluding hydrogens is 425 g/mol. The third-order valence-electron chi connectivity index (χ3n) is 3.96. The average Bonchev–Trinajstić information content (AvgIpc) is 3.15. The van der Waals surface area contributed by atoms with E-state index in [9.17, 15) is 9.59 Å². The number of ether oxygens (including phenoxy) is 1. The van der Waals surface area contributed by atoms with Crippen LogP contribution in [0.15, 0.2) is 49.1 Å². The van der Waals surface area contributed by atoms with Gasteiger partial charge in [0, 0.05) is 15.6 Å². The summed E-state index contributed by atoms with van der Waals surface area (Å²) in [6, 6.07) is 8.19. The Bertz CT molecular complexity index is 1020. The van der Waals surface area contributed by atoms with Crippen LogP contribution in [0.2, 0.25) is 15.1 Å². The number of nitrogens with zero attached hydrogens (tertiary/aromatic N) is 3. The Morgan fingerprint density at radius 1 is 1.11 bits per heavy atom. The Kier molecular flexibility index (Phi) is 6.34. The smallest absolute Gasteiger partial charge is 0.202 e. The summed E-state index contributed by atoms with van der Waals surface area (Å²) < 4.78 is 6.77. The number of aryl methyl sites for hydroxylation is 1. The van der Waals surface area contributed by atoms with E-state index < -0.39 is 17.6 Å². The average molecular weight is 439 g/mol. The molecular formula is C19H14Cl3N3O3. The van der Waals surface area contributed by atoms with Gasteiger partial charge in [-0.15, -0.1) is 0 Å². The van der Waals surface area contributed by atoms with E-state index in [4.69, 9.17) is 39.5 Å². The monoisotopic (exact) mass is 437 g/mol. The zero-order valence-electron chi connectivity index (χ0n) is 14.6. The molecule has 0 radical (unpaired) electrons. The lowest BCUT2D eigenvalue weighted by atomic mass is 10.0. The van der Waals surface area contributed by atoms with Gasteiger partial charge in [0.05, 0.1) is 5.02 Å². The lowest BCUT2D eigenvalue weighted by molar-refractivity contribution is -0.123. The summed E-state index contributed by atoms with van der Waals surface area (Å²) in [4.78, 5) is 29.7. The number of rotatable bonds is 7. The Morgan fingerprint density at radius 2 is 1.82 bits per heavy atom. The predicted octanol–water partition coefficient (Wildman–Crippen LogP) is 4.62. The van der Waals surface area contributed by atoms with E-state index in [1.54, 1.807) is 25.1 Å². The van der Waals surface area contributed by atoms with Crippen LogP contribution < -0.4 is 4.74 Å². The summed E-state index contributed by atoms with van der Waals surface area (Å²) >= 11 is 17.9. The second-order valence-electron chi connectivity index (χ2n) is 5.93. The SMILES string of the molecule is Cc1cc(Cl)ccc1OCC(=O)C(C(=O)c1ccc(Cl)cc1Cl)n1cncn1. The number of benzene rings is 2. The van der Waals surface area contributed by atoms with Crippen molar-refractivity contribution in [2.24, 2.45) is 0 Å². The maximum Gasteiger partial charge on any atom is 0.202 e. The van der Waals surface area contributed by atoms with E-state index >= 15 is 0 Å². The molecule has 9 heteroatoms. The van der Waals surface area contributed by atoms with Gasteiger partial charge in [-0.3, -0.25) is 9.59 Å². The van der Waals surface area contributed by atoms with E-state index in [-0.39, 0.29) is 17.2 Å². The predicted molar refractivity (Wildman–Crippen MR) is 107 cm³/mol. The van der Waals surface area contributed by atoms with Crippen molar-refractivity contribution in [3.8, 4) is 5.75 Å². The van der Waals surface area contributed by atoms with E-state index in [0.29, 0.717) is 15.8 Å². The van der Waals surface area contributed by atoms with Crippen molar-refractivity contribution in [2.45, 2.75) is 13.0 Å². The van der Waals surface area contributed by atoms with E-state index in [0.717, 1.165) is 5.56 Å². The van der Waals surface area contributed by atoms with Gasteiger partial charge in [0.1, 0.15) is 25.0 Å². The number of Topliss-reactive ketones (excluding diaryl/α,β-unsaturated/α-hetero) is 2. The lowest BCUT2D eigenvalue weighted by Crippen LogP contribution is -2.32. The van der Waals surface area contributed by atoms with Crippen molar-refractivity contribution in [1.29, 1.82) is 0 Å². The fraction of sp³-hybridized carbons (Fsp3) is 0.158. The van der Waals surface area contributed by atoms with Gasteiger partial charge in [-0.1, -0.05) is 34.8 Å². The van der Waals surface area contributed by atoms with Crippen LogP contribution in [0.1, 0.15) is 22.0 Å². The number of hydrogen-bond acceptors (Lipinski definition) is 5. The summed E-state index contributed by atoms with van der Waals surface area (Å²) in [5, 5.41) is 5.02. The van der Waals surface area contributed by atoms with Crippen LogP contribution in [0.4, 0.5) is 0 Å². The molecule has 0 bridgehead atoms. The number of aromatic nitrogens is 3. The van der Waals surface area contributed by atoms with Gasteiger partial charge in [0.2, 0.25) is 5.78 Å². The molecule has 28 heavy (non-hydrogen) atoms. The van der Waals surface area contributed by atoms with E-state index in [2.05, 4.69) is 10.1 Å². The molecule has 3 aromatic rings. The van der Waals surface area contributed by atoms with Crippen LogP contribution in [0.3, 0.4) is 0 Å². The summed E-state index contributed by atoms with van der Waals surface area (Å²) in [6.07, 6.45) is 2.53. The number of carbonyl (C=O) groups excluding carboxylic acids is 2. The molecule has 0 aliphatic heterocycles. The van der Waals surface area contributed by atoms with Crippen LogP contribution in [0, 0.1) is 6.92 Å². The highest BCUT2D eigenvalue weighted by molar-refractivity contribution is 6.37. The largest absolute Gasteiger partial charge is 0.485 e. The van der Waals surface area contributed by atoms with Crippen molar-refractivity contribution in [3.05, 3.63) is 75.2 Å². The minimum Gasteiger partial charge on any atom is -0.485 e. The lowest BCUT2D eigenvalue weighted by Gasteiger charge is -2.17. The Hall–Kier alpha value is -2.41. The van der Waals surface area contributed by atoms with Gasteiger partial charge in [0.15, 0.2) is 11.8 Å². The zero-order valence-corrected chi connectivity index (χ0v) is 16.9. The fourth-order valence-electron chi connectivity index (χ4n) is 2.60. The molecule has 0 aliphatic rings. The number of carbonyl (C=O) groups is 2. The Morgan fingerprint density at radius 3 is 2.46 bits per heavy atom. The van der Waals surface area contributed by atoms with Crippen LogP contribution >= 0.6 is 34.8 Å². The molecule has 1 aromatic heterocycles. The highest BCUT2D eigenvalue weighted by Crippen LogP contribution is 2.26. The minimum absolute atomic E-state index is 0.143. The van der Waals surface area contributed by atoms with Crippen molar-refractivity contribution in [1.82, 2.24) is 14.8 Å². The highest BCUT2D eigenvalue weighted by atomic mass is 35.5. The molecule has 0 N–H and O–H groups in total. The Balaban J connectivity index is 1.85. The van der Waals surface area contributed by atoms with Crippen molar-refractivity contribution in [2.75, 3.05) is 6.61 Å². The molecule has 0 fully saturated rings. The number of halogens is 3. The van der Waals surface area contributed by atoms with Crippen molar-refractivity contribution in [3.63, 3.8) is 0 Å². The summed E-state index contributed by atoms with van der Waals surface area (Å²) in [7, 11) is 0. The number of hydrogen-bond donors (Lipinski definition) is 0. The maximum absolute atomic E-state index is 13.0. The normalized spacial score (nSPS) is 11.9. The van der Waals surface area contributed by atoms with Crippen molar-refractivity contribution >= 4 is 46.4 Å². The molecule has 0 aliphatic carbocycles. The molecule has 0 saturated heterocycles. The molecule has 3 rings (SSSR count). The van der Waals surface area contributed by atoms with Gasteiger partial charge in [-0.2, -0.15) is 5.10 Å². The molecule has 2 aromatic carbocycles. The van der Waals surface area contributed by atoms with Crippen LogP contribution in [-0.2, 0) is 4.79 Å². The topological polar surface area (TPSA) is 74.1 Å². The van der Waals surface area contributed by atoms with Crippen molar-refractivity contribution < 1.29 is 14.3 Å². The van der Waals surface area contributed by atoms with Gasteiger partial charge in [-0.25, -0.2) is 9.67 Å². The van der Waals surface area contributed by atoms with Gasteiger partial charge in [-0.05, 0) is 48.9 Å². The van der Waals surface area contributed by atoms with Crippen LogP contribution in [-0.4, -0.2) is 32.9 Å². The van der Waals surface area contributed by atoms with E-state index in [1.165, 1.54) is 35.5 Å². The van der Waals surface area contributed by atoms with Gasteiger partial charge >= 0.3 is 0 Å². The summed E-state index contributed by atoms with van der Waals surface area (Å²) in [6.45, 7) is 1.46. The molecule has 0 amide bonds. The van der Waals surface area contributed by atoms with Crippen LogP contribution in [0.25, 0.3) is 0 Å². The summed E-state index contributed by atoms with van der Waals surface area (Å²) in [5.41, 5.74) is 0.923. The first-order valence-electron chi connectivity index (χ1n) is 8.12. The fourth-order valence-corrected chi connectivity index (χ4v) is 3.33. The first-order chi connectivity index (χ1) is 13.4. The molecule has 144 valence electrons. The second kappa shape index (κ2) is 8.73. The standard InChI is InChI=1S/C19H14Cl3N3O3/c1-11-6-12(20)3-5-17(11)28-8-16(26)18(25-10-23-9-24-25)19(27)14-4-2-13(21)7-15(14)22/h2-7,9-10,18H,8H2,1H3. The molecule has 0 saturated carbocycles. The number of ketones is 2. The minimum atomic E-state index is -1.27. The first-order valence-corrected chi connectivity index (χ1v) is 9.25. The molecule has 0 spiro atoms. The molecule has 6 nitrogen and oxygen atoms in total. The first kappa shape index (κ1) is 20.3. The third-order valence-corrected chi connectivity index (χ3v) is 4.74. The molecule has 1 heterocycles. The van der Waals surface area contributed by atoms with Gasteiger partial charge in [0.25, 0.3) is 0 Å². The molecule has 1 atom stereocenters. The van der Waals surface area contributed by atoms with Crippen LogP contribution in [0.5, 0.6) is 5.75 Å². The second-order valence-corrected chi connectivity index (χ2v) is 7.21. The van der Waals surface area contributed by atoms with Gasteiger partial charge < -0.3 is 4.74 Å². The third kappa shape index (κ3) is 4.52. The zero-order chi connectivity index (χ0) is 20.3. The quantitative estimate of drug-likeness (QED) is 0.397. The molecule has 1 unspecified atom stereocenters.